The van der Waals surface area contributed by atoms with E-state index in [9.17, 15) is 9.59 Å². The number of amides is 1. The third kappa shape index (κ3) is 4.40. The van der Waals surface area contributed by atoms with Gasteiger partial charge in [-0.25, -0.2) is 0 Å². The zero-order valence-electron chi connectivity index (χ0n) is 10.6. The second kappa shape index (κ2) is 7.75. The van der Waals surface area contributed by atoms with E-state index in [-0.39, 0.29) is 24.8 Å². The first kappa shape index (κ1) is 14.6. The largest absolute Gasteiger partial charge is 0.466 e. The van der Waals surface area contributed by atoms with Crippen LogP contribution in [0.3, 0.4) is 0 Å². The first-order valence-electron chi connectivity index (χ1n) is 5.94. The van der Waals surface area contributed by atoms with Crippen LogP contribution in [0.5, 0.6) is 0 Å². The first-order valence-corrected chi connectivity index (χ1v) is 6.71. The van der Waals surface area contributed by atoms with Crippen LogP contribution in [-0.4, -0.2) is 34.6 Å². The van der Waals surface area contributed by atoms with E-state index in [0.29, 0.717) is 11.5 Å². The maximum atomic E-state index is 11.8. The normalized spacial score (nSPS) is 10.1. The standard InChI is InChI=1S/C11H17N3O3S/c1-3-5-8-10(18-14-13-8)11(16)12-7-6-9(15)17-4-2/h3-7H2,1-2H3,(H,12,16). The maximum Gasteiger partial charge on any atom is 0.307 e. The fourth-order valence-electron chi connectivity index (χ4n) is 1.37. The summed E-state index contributed by atoms with van der Waals surface area (Å²) in [6.45, 7) is 4.38. The molecule has 0 radical (unpaired) electrons. The van der Waals surface area contributed by atoms with Gasteiger partial charge in [0.2, 0.25) is 0 Å². The zero-order chi connectivity index (χ0) is 13.4. The van der Waals surface area contributed by atoms with Gasteiger partial charge in [-0.05, 0) is 24.9 Å². The second-order valence-corrected chi connectivity index (χ2v) is 4.36. The number of rotatable bonds is 7. The van der Waals surface area contributed by atoms with Gasteiger partial charge in [-0.15, -0.1) is 5.10 Å². The minimum Gasteiger partial charge on any atom is -0.466 e. The highest BCUT2D eigenvalue weighted by molar-refractivity contribution is 7.08. The second-order valence-electron chi connectivity index (χ2n) is 3.61. The molecule has 1 aromatic heterocycles. The number of nitrogens with zero attached hydrogens (tertiary/aromatic N) is 2. The molecule has 1 heterocycles. The molecule has 1 amide bonds. The Labute approximate surface area is 110 Å². The zero-order valence-corrected chi connectivity index (χ0v) is 11.4. The summed E-state index contributed by atoms with van der Waals surface area (Å²) in [7, 11) is 0. The quantitative estimate of drug-likeness (QED) is 0.753. The number of carbonyl (C=O) groups is 2. The summed E-state index contributed by atoms with van der Waals surface area (Å²) in [5.41, 5.74) is 0.719. The predicted molar refractivity (Wildman–Crippen MR) is 67.5 cm³/mol. The third-order valence-electron chi connectivity index (χ3n) is 2.17. The van der Waals surface area contributed by atoms with Gasteiger partial charge in [0.05, 0.1) is 18.7 Å². The fourth-order valence-corrected chi connectivity index (χ4v) is 2.00. The van der Waals surface area contributed by atoms with Crippen molar-refractivity contribution in [3.05, 3.63) is 10.6 Å². The number of nitrogens with one attached hydrogen (secondary N) is 1. The Morgan fingerprint density at radius 1 is 1.39 bits per heavy atom. The van der Waals surface area contributed by atoms with E-state index in [1.165, 1.54) is 0 Å². The van der Waals surface area contributed by atoms with Crippen LogP contribution in [0.1, 0.15) is 42.1 Å². The number of hydrogen-bond donors (Lipinski definition) is 1. The Balaban J connectivity index is 2.40. The highest BCUT2D eigenvalue weighted by atomic mass is 32.1. The van der Waals surface area contributed by atoms with Crippen LogP contribution in [0.25, 0.3) is 0 Å². The molecular weight excluding hydrogens is 254 g/mol. The SMILES string of the molecule is CCCc1nnsc1C(=O)NCCC(=O)OCC. The van der Waals surface area contributed by atoms with Crippen molar-refractivity contribution in [3.8, 4) is 0 Å². The third-order valence-corrected chi connectivity index (χ3v) is 2.94. The molecule has 0 atom stereocenters. The molecule has 100 valence electrons. The van der Waals surface area contributed by atoms with Gasteiger partial charge in [0, 0.05) is 6.54 Å². The number of aryl methyl sites for hydroxylation is 1. The predicted octanol–water partition coefficient (Wildman–Crippen LogP) is 1.17. The molecule has 0 aromatic carbocycles. The summed E-state index contributed by atoms with van der Waals surface area (Å²) >= 11 is 1.08. The van der Waals surface area contributed by atoms with Gasteiger partial charge in [-0.3, -0.25) is 9.59 Å². The van der Waals surface area contributed by atoms with Crippen LogP contribution in [0.15, 0.2) is 0 Å². The molecule has 1 aromatic rings. The Bertz CT molecular complexity index is 406. The number of hydrogen-bond acceptors (Lipinski definition) is 6. The van der Waals surface area contributed by atoms with Crippen molar-refractivity contribution in [3.63, 3.8) is 0 Å². The van der Waals surface area contributed by atoms with E-state index in [4.69, 9.17) is 4.74 Å². The molecule has 18 heavy (non-hydrogen) atoms. The Morgan fingerprint density at radius 3 is 2.83 bits per heavy atom. The minimum atomic E-state index is -0.311. The van der Waals surface area contributed by atoms with E-state index >= 15 is 0 Å². The summed E-state index contributed by atoms with van der Waals surface area (Å²) in [6.07, 6.45) is 1.82. The molecule has 0 fully saturated rings. The van der Waals surface area contributed by atoms with Crippen molar-refractivity contribution in [1.82, 2.24) is 14.9 Å². The molecule has 0 aliphatic heterocycles. The van der Waals surface area contributed by atoms with Gasteiger partial charge >= 0.3 is 5.97 Å². The van der Waals surface area contributed by atoms with Crippen molar-refractivity contribution < 1.29 is 14.3 Å². The number of ether oxygens (including phenoxy) is 1. The Kier molecular flexibility index (Phi) is 6.27. The number of esters is 1. The summed E-state index contributed by atoms with van der Waals surface area (Å²) in [4.78, 5) is 23.4. The summed E-state index contributed by atoms with van der Waals surface area (Å²) in [5.74, 6) is -0.535. The van der Waals surface area contributed by atoms with Crippen molar-refractivity contribution in [2.75, 3.05) is 13.2 Å². The molecule has 0 spiro atoms. The molecule has 0 saturated heterocycles. The Hall–Kier alpha value is -1.50. The molecule has 7 heteroatoms. The number of carbonyl (C=O) groups excluding carboxylic acids is 2. The van der Waals surface area contributed by atoms with Gasteiger partial charge in [0.15, 0.2) is 0 Å². The minimum absolute atomic E-state index is 0.176. The Morgan fingerprint density at radius 2 is 2.17 bits per heavy atom. The van der Waals surface area contributed by atoms with Gasteiger partial charge in [-0.2, -0.15) is 0 Å². The van der Waals surface area contributed by atoms with E-state index in [2.05, 4.69) is 14.9 Å². The summed E-state index contributed by atoms with van der Waals surface area (Å²) in [6, 6.07) is 0. The van der Waals surface area contributed by atoms with Gasteiger partial charge < -0.3 is 10.1 Å². The highest BCUT2D eigenvalue weighted by Gasteiger charge is 2.15. The average Bonchev–Trinajstić information content (AvgIpc) is 2.78. The lowest BCUT2D eigenvalue weighted by Gasteiger charge is -2.04. The average molecular weight is 271 g/mol. The first-order chi connectivity index (χ1) is 8.69. The monoisotopic (exact) mass is 271 g/mol. The molecule has 0 unspecified atom stereocenters. The van der Waals surface area contributed by atoms with Gasteiger partial charge in [0.25, 0.3) is 5.91 Å². The van der Waals surface area contributed by atoms with Crippen molar-refractivity contribution >= 4 is 23.4 Å². The highest BCUT2D eigenvalue weighted by Crippen LogP contribution is 2.12. The van der Waals surface area contributed by atoms with E-state index < -0.39 is 0 Å². The molecule has 0 aliphatic carbocycles. The summed E-state index contributed by atoms with van der Waals surface area (Å²) in [5, 5.41) is 6.58. The maximum absolute atomic E-state index is 11.8. The molecule has 0 saturated carbocycles. The molecule has 6 nitrogen and oxygen atoms in total. The number of aromatic nitrogens is 2. The van der Waals surface area contributed by atoms with Crippen LogP contribution in [-0.2, 0) is 16.0 Å². The van der Waals surface area contributed by atoms with Gasteiger partial charge in [-0.1, -0.05) is 17.8 Å². The van der Waals surface area contributed by atoms with E-state index in [0.717, 1.165) is 30.1 Å². The molecule has 1 rings (SSSR count). The van der Waals surface area contributed by atoms with Crippen molar-refractivity contribution in [2.45, 2.75) is 33.1 Å². The lowest BCUT2D eigenvalue weighted by Crippen LogP contribution is -2.26. The van der Waals surface area contributed by atoms with Crippen LogP contribution in [0.4, 0.5) is 0 Å². The van der Waals surface area contributed by atoms with E-state index in [1.807, 2.05) is 6.92 Å². The lowest BCUT2D eigenvalue weighted by molar-refractivity contribution is -0.142. The van der Waals surface area contributed by atoms with E-state index in [1.54, 1.807) is 6.92 Å². The lowest BCUT2D eigenvalue weighted by atomic mass is 10.2. The molecule has 1 N–H and O–H groups in total. The molecular formula is C11H17N3O3S. The van der Waals surface area contributed by atoms with Crippen LogP contribution >= 0.6 is 11.5 Å². The summed E-state index contributed by atoms with van der Waals surface area (Å²) < 4.78 is 8.54. The fraction of sp³-hybridized carbons (Fsp3) is 0.636. The van der Waals surface area contributed by atoms with Crippen LogP contribution in [0, 0.1) is 0 Å². The molecule has 0 bridgehead atoms. The van der Waals surface area contributed by atoms with Crippen LogP contribution in [0.2, 0.25) is 0 Å². The smallest absolute Gasteiger partial charge is 0.307 e. The topological polar surface area (TPSA) is 81.2 Å². The van der Waals surface area contributed by atoms with Crippen molar-refractivity contribution in [1.29, 1.82) is 0 Å². The van der Waals surface area contributed by atoms with Crippen molar-refractivity contribution in [2.24, 2.45) is 0 Å². The van der Waals surface area contributed by atoms with Gasteiger partial charge in [0.1, 0.15) is 4.88 Å². The molecule has 0 aliphatic rings. The van der Waals surface area contributed by atoms with Crippen LogP contribution < -0.4 is 5.32 Å².